The maximum atomic E-state index is 12.6. The number of halogens is 1. The monoisotopic (exact) mass is 568 g/mol. The van der Waals surface area contributed by atoms with Crippen LogP contribution in [-0.4, -0.2) is 37.3 Å². The summed E-state index contributed by atoms with van der Waals surface area (Å²) in [6, 6.07) is 18.5. The average molecular weight is 569 g/mol. The molecule has 0 atom stereocenters. The van der Waals surface area contributed by atoms with E-state index in [2.05, 4.69) is 41.7 Å². The maximum Gasteiger partial charge on any atom is 0.287 e. The van der Waals surface area contributed by atoms with Crippen LogP contribution in [0.15, 0.2) is 81.0 Å². The molecule has 9 nitrogen and oxygen atoms in total. The van der Waals surface area contributed by atoms with Gasteiger partial charge in [-0.05, 0) is 48.5 Å². The van der Waals surface area contributed by atoms with E-state index in [4.69, 9.17) is 4.42 Å². The van der Waals surface area contributed by atoms with Crippen molar-refractivity contribution >= 4 is 66.2 Å². The van der Waals surface area contributed by atoms with Crippen LogP contribution in [0.5, 0.6) is 0 Å². The van der Waals surface area contributed by atoms with E-state index in [1.54, 1.807) is 12.1 Å². The first-order chi connectivity index (χ1) is 17.1. The summed E-state index contributed by atoms with van der Waals surface area (Å²) in [5.74, 6) is 0.280. The molecule has 5 aromatic rings. The molecule has 0 spiro atoms. The number of furan rings is 1. The van der Waals surface area contributed by atoms with Gasteiger partial charge in [-0.2, -0.15) is 0 Å². The Labute approximate surface area is 216 Å². The minimum absolute atomic E-state index is 0.114. The molecule has 0 aliphatic heterocycles. The van der Waals surface area contributed by atoms with Crippen molar-refractivity contribution in [1.29, 1.82) is 0 Å². The van der Waals surface area contributed by atoms with Crippen molar-refractivity contribution in [2.24, 2.45) is 0 Å². The molecule has 3 heterocycles. The smallest absolute Gasteiger partial charge is 0.287 e. The number of carbonyl (C=O) groups is 2. The summed E-state index contributed by atoms with van der Waals surface area (Å²) in [6.45, 7) is 0.126. The van der Waals surface area contributed by atoms with Crippen molar-refractivity contribution in [2.45, 2.75) is 11.7 Å². The fraction of sp³-hybridized carbons (Fsp3) is 0.0870. The number of para-hydroxylation sites is 1. The van der Waals surface area contributed by atoms with Gasteiger partial charge in [-0.1, -0.05) is 51.2 Å². The molecule has 0 unspecified atom stereocenters. The Morgan fingerprint density at radius 3 is 2.66 bits per heavy atom. The lowest BCUT2D eigenvalue weighted by Crippen LogP contribution is -2.24. The number of rotatable bonds is 8. The van der Waals surface area contributed by atoms with Gasteiger partial charge in [0.1, 0.15) is 0 Å². The van der Waals surface area contributed by atoms with E-state index in [0.29, 0.717) is 16.1 Å². The van der Waals surface area contributed by atoms with Crippen molar-refractivity contribution in [3.63, 3.8) is 0 Å². The van der Waals surface area contributed by atoms with E-state index in [1.165, 1.54) is 29.4 Å². The van der Waals surface area contributed by atoms with Gasteiger partial charge in [0, 0.05) is 10.2 Å². The summed E-state index contributed by atoms with van der Waals surface area (Å²) >= 11 is 6.11. The molecule has 2 aromatic carbocycles. The average Bonchev–Trinajstić information content (AvgIpc) is 3.61. The zero-order valence-electron chi connectivity index (χ0n) is 18.0. The lowest BCUT2D eigenvalue weighted by molar-refractivity contribution is -0.113. The van der Waals surface area contributed by atoms with Crippen LogP contribution in [0.25, 0.3) is 15.9 Å². The molecule has 5 rings (SSSR count). The SMILES string of the molecule is O=C(CSc1nnc(CNC(=O)c2ccco2)n1-c1ccc(Br)cc1)Nc1nc2ccccc2s1. The van der Waals surface area contributed by atoms with Gasteiger partial charge in [0.25, 0.3) is 5.91 Å². The normalized spacial score (nSPS) is 11.0. The van der Waals surface area contributed by atoms with E-state index in [1.807, 2.05) is 53.1 Å². The van der Waals surface area contributed by atoms with E-state index >= 15 is 0 Å². The molecule has 0 fully saturated rings. The standard InChI is InChI=1S/C23H17BrN6O3S2/c24-14-7-9-15(10-8-14)30-19(12-25-21(32)17-5-3-11-33-17)28-29-23(30)34-13-20(31)27-22-26-16-4-1-2-6-18(16)35-22/h1-11H,12-13H2,(H,25,32)(H,26,27,31). The number of hydrogen-bond donors (Lipinski definition) is 2. The Morgan fingerprint density at radius 2 is 1.89 bits per heavy atom. The summed E-state index contributed by atoms with van der Waals surface area (Å²) in [7, 11) is 0. The van der Waals surface area contributed by atoms with Gasteiger partial charge in [0.05, 0.1) is 28.8 Å². The van der Waals surface area contributed by atoms with E-state index in [-0.39, 0.29) is 29.9 Å². The van der Waals surface area contributed by atoms with Gasteiger partial charge in [-0.25, -0.2) is 4.98 Å². The largest absolute Gasteiger partial charge is 0.459 e. The second kappa shape index (κ2) is 10.4. The van der Waals surface area contributed by atoms with Gasteiger partial charge in [-0.3, -0.25) is 14.2 Å². The number of nitrogens with one attached hydrogen (secondary N) is 2. The highest BCUT2D eigenvalue weighted by Crippen LogP contribution is 2.27. The number of carbonyl (C=O) groups excluding carboxylic acids is 2. The number of thiazole rings is 1. The lowest BCUT2D eigenvalue weighted by atomic mass is 10.3. The van der Waals surface area contributed by atoms with Crippen molar-refractivity contribution in [2.75, 3.05) is 11.1 Å². The molecular formula is C23H17BrN6O3S2. The highest BCUT2D eigenvalue weighted by Gasteiger charge is 2.18. The van der Waals surface area contributed by atoms with Gasteiger partial charge in [0.2, 0.25) is 5.91 Å². The number of fused-ring (bicyclic) bond motifs is 1. The van der Waals surface area contributed by atoms with Crippen LogP contribution >= 0.6 is 39.0 Å². The van der Waals surface area contributed by atoms with Crippen molar-refractivity contribution in [3.8, 4) is 5.69 Å². The van der Waals surface area contributed by atoms with Gasteiger partial charge < -0.3 is 15.1 Å². The van der Waals surface area contributed by atoms with Crippen LogP contribution < -0.4 is 10.6 Å². The summed E-state index contributed by atoms with van der Waals surface area (Å²) in [5.41, 5.74) is 1.64. The number of thioether (sulfide) groups is 1. The summed E-state index contributed by atoms with van der Waals surface area (Å²) in [6.07, 6.45) is 1.44. The Balaban J connectivity index is 1.31. The molecule has 2 N–H and O–H groups in total. The summed E-state index contributed by atoms with van der Waals surface area (Å²) in [5, 5.41) is 15.2. The zero-order chi connectivity index (χ0) is 24.2. The molecule has 0 saturated carbocycles. The second-order valence-electron chi connectivity index (χ2n) is 7.19. The highest BCUT2D eigenvalue weighted by atomic mass is 79.9. The third kappa shape index (κ3) is 5.45. The Morgan fingerprint density at radius 1 is 1.06 bits per heavy atom. The van der Waals surface area contributed by atoms with Gasteiger partial charge >= 0.3 is 0 Å². The van der Waals surface area contributed by atoms with E-state index in [0.717, 1.165) is 20.4 Å². The molecule has 0 radical (unpaired) electrons. The number of benzene rings is 2. The number of aromatic nitrogens is 4. The number of hydrogen-bond acceptors (Lipinski definition) is 8. The molecular weight excluding hydrogens is 552 g/mol. The number of nitrogens with zero attached hydrogens (tertiary/aromatic N) is 4. The quantitative estimate of drug-likeness (QED) is 0.256. The predicted molar refractivity (Wildman–Crippen MR) is 138 cm³/mol. The van der Waals surface area contributed by atoms with Crippen molar-refractivity contribution in [3.05, 3.63) is 83.0 Å². The zero-order valence-corrected chi connectivity index (χ0v) is 21.2. The third-order valence-electron chi connectivity index (χ3n) is 4.81. The third-order valence-corrected chi connectivity index (χ3v) is 7.22. The van der Waals surface area contributed by atoms with Crippen molar-refractivity contribution < 1.29 is 14.0 Å². The molecule has 3 aromatic heterocycles. The predicted octanol–water partition coefficient (Wildman–Crippen LogP) is 4.89. The van der Waals surface area contributed by atoms with Crippen molar-refractivity contribution in [1.82, 2.24) is 25.1 Å². The molecule has 12 heteroatoms. The van der Waals surface area contributed by atoms with Gasteiger partial charge in [0.15, 0.2) is 21.9 Å². The van der Waals surface area contributed by atoms with Gasteiger partial charge in [-0.15, -0.1) is 10.2 Å². The molecule has 35 heavy (non-hydrogen) atoms. The topological polar surface area (TPSA) is 115 Å². The highest BCUT2D eigenvalue weighted by molar-refractivity contribution is 9.10. The second-order valence-corrected chi connectivity index (χ2v) is 10.1. The summed E-state index contributed by atoms with van der Waals surface area (Å²) < 4.78 is 8.88. The molecule has 2 amide bonds. The minimum Gasteiger partial charge on any atom is -0.459 e. The number of amides is 2. The Kier molecular flexibility index (Phi) is 6.93. The van der Waals surface area contributed by atoms with Crippen LogP contribution in [0, 0.1) is 0 Å². The molecule has 0 saturated heterocycles. The van der Waals surface area contributed by atoms with Crippen LogP contribution in [-0.2, 0) is 11.3 Å². The summed E-state index contributed by atoms with van der Waals surface area (Å²) in [4.78, 5) is 29.4. The fourth-order valence-corrected chi connectivity index (χ4v) is 5.14. The van der Waals surface area contributed by atoms with Crippen LogP contribution in [0.2, 0.25) is 0 Å². The first-order valence-corrected chi connectivity index (χ1v) is 13.0. The molecule has 176 valence electrons. The minimum atomic E-state index is -0.357. The number of anilines is 1. The van der Waals surface area contributed by atoms with Crippen LogP contribution in [0.3, 0.4) is 0 Å². The van der Waals surface area contributed by atoms with Crippen LogP contribution in [0.1, 0.15) is 16.4 Å². The first-order valence-electron chi connectivity index (χ1n) is 10.4. The van der Waals surface area contributed by atoms with Crippen LogP contribution in [0.4, 0.5) is 5.13 Å². The maximum absolute atomic E-state index is 12.6. The molecule has 0 aliphatic carbocycles. The Hall–Kier alpha value is -3.48. The van der Waals surface area contributed by atoms with E-state index in [9.17, 15) is 9.59 Å². The molecule has 0 bridgehead atoms. The molecule has 0 aliphatic rings. The fourth-order valence-electron chi connectivity index (χ4n) is 3.22. The lowest BCUT2D eigenvalue weighted by Gasteiger charge is -2.11. The van der Waals surface area contributed by atoms with E-state index < -0.39 is 0 Å². The Bertz CT molecular complexity index is 1450. The first kappa shape index (κ1) is 23.3.